The van der Waals surface area contributed by atoms with Crippen LogP contribution in [0.25, 0.3) is 0 Å². The molecule has 0 aliphatic rings. The van der Waals surface area contributed by atoms with Gasteiger partial charge in [0.25, 0.3) is 5.91 Å². The van der Waals surface area contributed by atoms with Crippen LogP contribution in [-0.4, -0.2) is 46.7 Å². The molecule has 1 N–H and O–H groups in total. The first-order valence-electron chi connectivity index (χ1n) is 6.88. The molecule has 16 heteroatoms. The van der Waals surface area contributed by atoms with Gasteiger partial charge in [-0.3, -0.25) is 9.78 Å². The van der Waals surface area contributed by atoms with Crippen LogP contribution in [0, 0.1) is 0 Å². The molecule has 0 bridgehead atoms. The van der Waals surface area contributed by atoms with E-state index in [-0.39, 0.29) is 5.56 Å². The Morgan fingerprint density at radius 3 is 1.55 bits per heavy atom. The Morgan fingerprint density at radius 2 is 1.14 bits per heavy atom. The Morgan fingerprint density at radius 1 is 0.724 bits per heavy atom. The van der Waals surface area contributed by atoms with E-state index in [0.717, 1.165) is 29.8 Å². The van der Waals surface area contributed by atoms with Crippen LogP contribution in [0.1, 0.15) is 5.56 Å². The number of nitrogens with zero attached hydrogens (tertiary/aromatic N) is 1. The predicted molar refractivity (Wildman–Crippen MR) is 66.9 cm³/mol. The van der Waals surface area contributed by atoms with Gasteiger partial charge in [0, 0.05) is 18.9 Å². The van der Waals surface area contributed by atoms with Crippen LogP contribution in [0.15, 0.2) is 24.5 Å². The fraction of sp³-hybridized carbons (Fsp3) is 0.538. The monoisotopic (exact) mass is 454 g/mol. The highest BCUT2D eigenvalue weighted by Gasteiger charge is 2.91. The van der Waals surface area contributed by atoms with Gasteiger partial charge >= 0.3 is 35.8 Å². The van der Waals surface area contributed by atoms with Crippen molar-refractivity contribution in [3.05, 3.63) is 30.1 Å². The van der Waals surface area contributed by atoms with E-state index >= 15 is 0 Å². The van der Waals surface area contributed by atoms with Gasteiger partial charge < -0.3 is 5.32 Å². The van der Waals surface area contributed by atoms with Crippen molar-refractivity contribution >= 4 is 5.91 Å². The molecule has 1 heterocycles. The normalized spacial score (nSPS) is 14.7. The molecule has 0 fully saturated rings. The van der Waals surface area contributed by atoms with Crippen LogP contribution in [-0.2, 0) is 11.3 Å². The van der Waals surface area contributed by atoms with Gasteiger partial charge in [0.2, 0.25) is 0 Å². The molecule has 1 aromatic rings. The fourth-order valence-electron chi connectivity index (χ4n) is 1.71. The highest BCUT2D eigenvalue weighted by Crippen LogP contribution is 2.60. The van der Waals surface area contributed by atoms with Gasteiger partial charge in [0.05, 0.1) is 0 Å². The molecular formula is C13H7F13N2O. The number of rotatable bonds is 7. The Kier molecular flexibility index (Phi) is 6.14. The van der Waals surface area contributed by atoms with Crippen molar-refractivity contribution in [3.63, 3.8) is 0 Å². The van der Waals surface area contributed by atoms with Gasteiger partial charge in [-0.2, -0.15) is 57.1 Å². The number of halogens is 13. The minimum atomic E-state index is -8.05. The van der Waals surface area contributed by atoms with Crippen molar-refractivity contribution in [2.45, 2.75) is 42.3 Å². The summed E-state index contributed by atoms with van der Waals surface area (Å²) in [5.74, 6) is -41.7. The molecule has 0 saturated heterocycles. The van der Waals surface area contributed by atoms with Crippen LogP contribution in [0.4, 0.5) is 57.1 Å². The van der Waals surface area contributed by atoms with Gasteiger partial charge in [-0.1, -0.05) is 0 Å². The molecule has 1 rings (SSSR count). The van der Waals surface area contributed by atoms with Gasteiger partial charge in [-0.05, 0) is 17.7 Å². The number of pyridine rings is 1. The highest BCUT2D eigenvalue weighted by atomic mass is 19.4. The lowest BCUT2D eigenvalue weighted by Gasteiger charge is -2.39. The second-order valence-corrected chi connectivity index (χ2v) is 5.41. The van der Waals surface area contributed by atoms with Crippen LogP contribution in [0.5, 0.6) is 0 Å². The Labute approximate surface area is 151 Å². The van der Waals surface area contributed by atoms with Crippen LogP contribution < -0.4 is 5.32 Å². The summed E-state index contributed by atoms with van der Waals surface area (Å²) in [4.78, 5) is 14.6. The maximum absolute atomic E-state index is 13.5. The molecule has 0 aliphatic heterocycles. The van der Waals surface area contributed by atoms with E-state index in [2.05, 4.69) is 4.98 Å². The molecule has 1 amide bonds. The summed E-state index contributed by atoms with van der Waals surface area (Å²) < 4.78 is 168. The zero-order valence-corrected chi connectivity index (χ0v) is 13.3. The van der Waals surface area contributed by atoms with Crippen molar-refractivity contribution < 1.29 is 61.9 Å². The summed E-state index contributed by atoms with van der Waals surface area (Å²) in [5, 5.41) is 0.953. The molecule has 0 aliphatic carbocycles. The number of hydrogen-bond donors (Lipinski definition) is 1. The summed E-state index contributed by atoms with van der Waals surface area (Å²) in [6.07, 6.45) is -5.47. The summed E-state index contributed by atoms with van der Waals surface area (Å²) in [6.45, 7) is -1.05. The number of amides is 1. The van der Waals surface area contributed by atoms with E-state index in [1.54, 1.807) is 0 Å². The van der Waals surface area contributed by atoms with Crippen molar-refractivity contribution in [1.82, 2.24) is 10.3 Å². The third-order valence-corrected chi connectivity index (χ3v) is 3.42. The standard InChI is InChI=1S/C13H7F13N2O/c14-8(15,7(29)28-5-6-1-3-27-4-2-6)9(16,17)10(18,19)11(20,21)12(22,23)13(24,25)26/h1-4H,5H2,(H,28,29). The van der Waals surface area contributed by atoms with Crippen molar-refractivity contribution in [2.75, 3.05) is 0 Å². The zero-order valence-electron chi connectivity index (χ0n) is 13.3. The largest absolute Gasteiger partial charge is 0.460 e. The minimum absolute atomic E-state index is 0.117. The van der Waals surface area contributed by atoms with Gasteiger partial charge in [0.1, 0.15) is 0 Å². The quantitative estimate of drug-likeness (QED) is 0.620. The van der Waals surface area contributed by atoms with E-state index in [4.69, 9.17) is 0 Å². The maximum Gasteiger partial charge on any atom is 0.460 e. The summed E-state index contributed by atoms with van der Waals surface area (Å²) in [6, 6.07) is 2.03. The topological polar surface area (TPSA) is 42.0 Å². The average molecular weight is 454 g/mol. The lowest BCUT2D eigenvalue weighted by Crippen LogP contribution is -2.71. The van der Waals surface area contributed by atoms with Crippen LogP contribution in [0.3, 0.4) is 0 Å². The lowest BCUT2D eigenvalue weighted by molar-refractivity contribution is -0.436. The van der Waals surface area contributed by atoms with Gasteiger partial charge in [-0.15, -0.1) is 0 Å². The van der Waals surface area contributed by atoms with E-state index in [1.807, 2.05) is 0 Å². The SMILES string of the molecule is O=C(NCc1ccncc1)C(F)(F)C(F)(F)C(F)(F)C(F)(F)C(F)(F)C(F)(F)F. The summed E-state index contributed by atoms with van der Waals surface area (Å²) in [5.41, 5.74) is -0.117. The van der Waals surface area contributed by atoms with Gasteiger partial charge in [0.15, 0.2) is 0 Å². The van der Waals surface area contributed by atoms with E-state index < -0.39 is 48.2 Å². The average Bonchev–Trinajstić information content (AvgIpc) is 2.58. The first-order chi connectivity index (χ1) is 12.7. The predicted octanol–water partition coefficient (Wildman–Crippen LogP) is 4.44. The summed E-state index contributed by atoms with van der Waals surface area (Å²) in [7, 11) is 0. The third-order valence-electron chi connectivity index (χ3n) is 3.42. The minimum Gasteiger partial charge on any atom is -0.347 e. The molecule has 3 nitrogen and oxygen atoms in total. The molecule has 0 aromatic carbocycles. The third kappa shape index (κ3) is 3.80. The van der Waals surface area contributed by atoms with Crippen LogP contribution in [0.2, 0.25) is 0 Å². The molecule has 0 atom stereocenters. The Hall–Kier alpha value is -2.29. The van der Waals surface area contributed by atoms with Crippen LogP contribution >= 0.6 is 0 Å². The molecule has 0 saturated carbocycles. The van der Waals surface area contributed by atoms with E-state index in [1.165, 1.54) is 0 Å². The second kappa shape index (κ2) is 7.19. The molecule has 1 aromatic heterocycles. The van der Waals surface area contributed by atoms with Crippen molar-refractivity contribution in [3.8, 4) is 0 Å². The van der Waals surface area contributed by atoms with Gasteiger partial charge in [-0.25, -0.2) is 0 Å². The molecule has 0 unspecified atom stereocenters. The molecule has 166 valence electrons. The lowest BCUT2D eigenvalue weighted by atomic mass is 9.93. The molecule has 0 radical (unpaired) electrons. The fourth-order valence-corrected chi connectivity index (χ4v) is 1.71. The zero-order chi connectivity index (χ0) is 23.1. The summed E-state index contributed by atoms with van der Waals surface area (Å²) >= 11 is 0. The Balaban J connectivity index is 3.25. The van der Waals surface area contributed by atoms with Crippen molar-refractivity contribution in [1.29, 1.82) is 0 Å². The number of aromatic nitrogens is 1. The number of nitrogens with one attached hydrogen (secondary N) is 1. The van der Waals surface area contributed by atoms with E-state index in [9.17, 15) is 61.9 Å². The van der Waals surface area contributed by atoms with Crippen molar-refractivity contribution in [2.24, 2.45) is 0 Å². The smallest absolute Gasteiger partial charge is 0.347 e. The first-order valence-corrected chi connectivity index (χ1v) is 6.88. The molecular weight excluding hydrogens is 447 g/mol. The highest BCUT2D eigenvalue weighted by molar-refractivity contribution is 5.84. The number of carbonyl (C=O) groups excluding carboxylic acids is 1. The molecule has 0 spiro atoms. The number of carbonyl (C=O) groups is 1. The first kappa shape index (κ1) is 24.7. The van der Waals surface area contributed by atoms with E-state index in [0.29, 0.717) is 0 Å². The Bertz CT molecular complexity index is 730. The maximum atomic E-state index is 13.5. The number of alkyl halides is 13. The number of hydrogen-bond acceptors (Lipinski definition) is 2. The molecule has 29 heavy (non-hydrogen) atoms. The second-order valence-electron chi connectivity index (χ2n) is 5.41.